The first-order valence-electron chi connectivity index (χ1n) is 9.37. The number of carbonyl (C=O) groups excluding carboxylic acids is 1. The highest BCUT2D eigenvalue weighted by Gasteiger charge is 2.29. The number of ether oxygens (including phenoxy) is 1. The third-order valence-corrected chi connectivity index (χ3v) is 6.59. The van der Waals surface area contributed by atoms with Gasteiger partial charge in [-0.05, 0) is 49.4 Å². The Labute approximate surface area is 191 Å². The lowest BCUT2D eigenvalue weighted by atomic mass is 10.3. The Morgan fingerprint density at radius 2 is 1.68 bits per heavy atom. The van der Waals surface area contributed by atoms with Crippen LogP contribution in [0.15, 0.2) is 77.7 Å². The number of amides is 1. The molecule has 0 unspecified atom stereocenters. The fourth-order valence-corrected chi connectivity index (χ4v) is 4.66. The molecular weight excluding hydrogens is 459 g/mol. The Morgan fingerprint density at radius 1 is 1.00 bits per heavy atom. The van der Waals surface area contributed by atoms with Gasteiger partial charge in [-0.25, -0.2) is 8.42 Å². The van der Waals surface area contributed by atoms with Gasteiger partial charge in [-0.15, -0.1) is 0 Å². The number of benzene rings is 3. The summed E-state index contributed by atoms with van der Waals surface area (Å²) in [6, 6.07) is 19.2. The third kappa shape index (κ3) is 5.50. The van der Waals surface area contributed by atoms with E-state index in [1.807, 2.05) is 0 Å². The van der Waals surface area contributed by atoms with E-state index < -0.39 is 22.5 Å². The van der Waals surface area contributed by atoms with Gasteiger partial charge >= 0.3 is 0 Å². The second-order valence-corrected chi connectivity index (χ2v) is 9.10. The van der Waals surface area contributed by atoms with Crippen LogP contribution in [0.25, 0.3) is 0 Å². The largest absolute Gasteiger partial charge is 0.492 e. The molecule has 0 aromatic heterocycles. The molecule has 1 N–H and O–H groups in total. The topological polar surface area (TPSA) is 75.7 Å². The van der Waals surface area contributed by atoms with Crippen LogP contribution in [0.5, 0.6) is 5.75 Å². The van der Waals surface area contributed by atoms with Crippen molar-refractivity contribution in [2.24, 2.45) is 0 Å². The molecule has 31 heavy (non-hydrogen) atoms. The molecule has 6 nitrogen and oxygen atoms in total. The molecule has 0 aliphatic heterocycles. The molecule has 0 atom stereocenters. The smallest absolute Gasteiger partial charge is 0.264 e. The van der Waals surface area contributed by atoms with E-state index in [4.69, 9.17) is 27.9 Å². The van der Waals surface area contributed by atoms with Crippen molar-refractivity contribution < 1.29 is 17.9 Å². The number of para-hydroxylation sites is 2. The highest BCUT2D eigenvalue weighted by atomic mass is 35.5. The van der Waals surface area contributed by atoms with E-state index in [0.29, 0.717) is 17.4 Å². The van der Waals surface area contributed by atoms with Crippen LogP contribution in [0, 0.1) is 0 Å². The number of nitrogens with one attached hydrogen (secondary N) is 1. The first-order chi connectivity index (χ1) is 14.8. The quantitative estimate of drug-likeness (QED) is 0.480. The minimum absolute atomic E-state index is 0.0508. The Bertz CT molecular complexity index is 1170. The zero-order chi connectivity index (χ0) is 22.4. The van der Waals surface area contributed by atoms with Crippen LogP contribution in [0.3, 0.4) is 0 Å². The highest BCUT2D eigenvalue weighted by Crippen LogP contribution is 2.33. The normalized spacial score (nSPS) is 11.1. The SMILES string of the molecule is CCOc1ccccc1N(CC(=O)Nc1cc(Cl)ccc1Cl)S(=O)(=O)c1ccccc1. The summed E-state index contributed by atoms with van der Waals surface area (Å²) < 4.78 is 33.5. The number of nitrogens with zero attached hydrogens (tertiary/aromatic N) is 1. The van der Waals surface area contributed by atoms with Gasteiger partial charge in [0, 0.05) is 5.02 Å². The number of halogens is 2. The molecule has 9 heteroatoms. The van der Waals surface area contributed by atoms with Crippen molar-refractivity contribution >= 4 is 50.5 Å². The summed E-state index contributed by atoms with van der Waals surface area (Å²) in [5, 5.41) is 3.29. The van der Waals surface area contributed by atoms with Crippen molar-refractivity contribution in [3.05, 3.63) is 82.8 Å². The second-order valence-electron chi connectivity index (χ2n) is 6.40. The fourth-order valence-electron chi connectivity index (χ4n) is 2.87. The Hall–Kier alpha value is -2.74. The summed E-state index contributed by atoms with van der Waals surface area (Å²) in [6.45, 7) is 1.63. The lowest BCUT2D eigenvalue weighted by Gasteiger charge is -2.26. The van der Waals surface area contributed by atoms with Crippen molar-refractivity contribution in [1.82, 2.24) is 0 Å². The van der Waals surface area contributed by atoms with Crippen molar-refractivity contribution in [3.8, 4) is 5.75 Å². The van der Waals surface area contributed by atoms with Gasteiger partial charge in [0.25, 0.3) is 10.0 Å². The van der Waals surface area contributed by atoms with Crippen LogP contribution < -0.4 is 14.4 Å². The maximum absolute atomic E-state index is 13.4. The van der Waals surface area contributed by atoms with Crippen LogP contribution in [-0.4, -0.2) is 27.5 Å². The van der Waals surface area contributed by atoms with Crippen molar-refractivity contribution in [2.75, 3.05) is 22.8 Å². The summed E-state index contributed by atoms with van der Waals surface area (Å²) in [7, 11) is -4.07. The molecule has 0 aliphatic carbocycles. The van der Waals surface area contributed by atoms with Gasteiger partial charge in [0.15, 0.2) is 0 Å². The van der Waals surface area contributed by atoms with Crippen LogP contribution in [0.1, 0.15) is 6.92 Å². The van der Waals surface area contributed by atoms with Crippen molar-refractivity contribution in [3.63, 3.8) is 0 Å². The first-order valence-corrected chi connectivity index (χ1v) is 11.6. The maximum Gasteiger partial charge on any atom is 0.264 e. The molecule has 0 saturated heterocycles. The highest BCUT2D eigenvalue weighted by molar-refractivity contribution is 7.92. The van der Waals surface area contributed by atoms with E-state index in [0.717, 1.165) is 4.31 Å². The van der Waals surface area contributed by atoms with E-state index in [-0.39, 0.29) is 21.3 Å². The van der Waals surface area contributed by atoms with Crippen LogP contribution in [-0.2, 0) is 14.8 Å². The predicted octanol–water partition coefficient (Wildman–Crippen LogP) is 5.23. The number of carbonyl (C=O) groups is 1. The predicted molar refractivity (Wildman–Crippen MR) is 124 cm³/mol. The molecule has 0 spiro atoms. The number of rotatable bonds is 8. The molecule has 0 aliphatic rings. The van der Waals surface area contributed by atoms with Gasteiger partial charge in [0.1, 0.15) is 12.3 Å². The molecule has 1 amide bonds. The maximum atomic E-state index is 13.4. The average Bonchev–Trinajstić information content (AvgIpc) is 2.76. The average molecular weight is 479 g/mol. The lowest BCUT2D eigenvalue weighted by molar-refractivity contribution is -0.114. The number of sulfonamides is 1. The summed E-state index contributed by atoms with van der Waals surface area (Å²) in [6.07, 6.45) is 0. The van der Waals surface area contributed by atoms with Gasteiger partial charge in [0.2, 0.25) is 5.91 Å². The van der Waals surface area contributed by atoms with E-state index >= 15 is 0 Å². The lowest BCUT2D eigenvalue weighted by Crippen LogP contribution is -2.38. The van der Waals surface area contributed by atoms with E-state index in [1.54, 1.807) is 61.5 Å². The molecule has 0 bridgehead atoms. The molecule has 0 heterocycles. The fraction of sp³-hybridized carbons (Fsp3) is 0.136. The molecule has 0 saturated carbocycles. The summed E-state index contributed by atoms with van der Waals surface area (Å²) in [5.41, 5.74) is 0.537. The molecule has 3 aromatic rings. The Kier molecular flexibility index (Phi) is 7.43. The van der Waals surface area contributed by atoms with Gasteiger partial charge < -0.3 is 10.1 Å². The van der Waals surface area contributed by atoms with E-state index in [1.165, 1.54) is 18.2 Å². The van der Waals surface area contributed by atoms with Gasteiger partial charge in [-0.3, -0.25) is 9.10 Å². The zero-order valence-electron chi connectivity index (χ0n) is 16.6. The van der Waals surface area contributed by atoms with Crippen molar-refractivity contribution in [1.29, 1.82) is 0 Å². The summed E-state index contributed by atoms with van der Waals surface area (Å²) >= 11 is 12.1. The van der Waals surface area contributed by atoms with E-state index in [9.17, 15) is 13.2 Å². The van der Waals surface area contributed by atoms with Crippen LogP contribution >= 0.6 is 23.2 Å². The molecule has 3 aromatic carbocycles. The second kappa shape index (κ2) is 10.0. The van der Waals surface area contributed by atoms with Gasteiger partial charge in [-0.1, -0.05) is 53.5 Å². The van der Waals surface area contributed by atoms with Gasteiger partial charge in [0.05, 0.1) is 27.9 Å². The van der Waals surface area contributed by atoms with Crippen molar-refractivity contribution in [2.45, 2.75) is 11.8 Å². The molecular formula is C22H20Cl2N2O4S. The number of hydrogen-bond acceptors (Lipinski definition) is 4. The molecule has 162 valence electrons. The first kappa shape index (κ1) is 22.9. The summed E-state index contributed by atoms with van der Waals surface area (Å²) in [5.74, 6) is -0.243. The minimum atomic E-state index is -4.07. The standard InChI is InChI=1S/C22H20Cl2N2O4S/c1-2-30-21-11-7-6-10-20(21)26(31(28,29)17-8-4-3-5-9-17)15-22(27)25-19-14-16(23)12-13-18(19)24/h3-14H,2,15H2,1H3,(H,25,27). The zero-order valence-corrected chi connectivity index (χ0v) is 18.9. The number of hydrogen-bond donors (Lipinski definition) is 1. The Balaban J connectivity index is 2.00. The monoisotopic (exact) mass is 478 g/mol. The molecule has 0 fully saturated rings. The molecule has 0 radical (unpaired) electrons. The van der Waals surface area contributed by atoms with Gasteiger partial charge in [-0.2, -0.15) is 0 Å². The van der Waals surface area contributed by atoms with E-state index in [2.05, 4.69) is 5.32 Å². The van der Waals surface area contributed by atoms with Crippen LogP contribution in [0.4, 0.5) is 11.4 Å². The number of anilines is 2. The summed E-state index contributed by atoms with van der Waals surface area (Å²) in [4.78, 5) is 12.9. The van der Waals surface area contributed by atoms with Crippen LogP contribution in [0.2, 0.25) is 10.0 Å². The Morgan fingerprint density at radius 3 is 2.39 bits per heavy atom. The third-order valence-electron chi connectivity index (χ3n) is 4.25. The molecule has 3 rings (SSSR count). The minimum Gasteiger partial charge on any atom is -0.492 e.